The van der Waals surface area contributed by atoms with E-state index in [2.05, 4.69) is 25.7 Å². The van der Waals surface area contributed by atoms with Crippen molar-refractivity contribution in [1.29, 1.82) is 0 Å². The molecule has 0 amide bonds. The van der Waals surface area contributed by atoms with Gasteiger partial charge in [-0.05, 0) is 45.1 Å². The molecule has 1 fully saturated rings. The molecule has 0 aromatic carbocycles. The predicted octanol–water partition coefficient (Wildman–Crippen LogP) is 1.54. The van der Waals surface area contributed by atoms with Crippen LogP contribution in [0.25, 0.3) is 0 Å². The number of likely N-dealkylation sites (tertiary alicyclic amines) is 1. The molecule has 4 heteroatoms. The van der Waals surface area contributed by atoms with Crippen molar-refractivity contribution >= 4 is 5.97 Å². The molecular weight excluding hydrogens is 216 g/mol. The number of nitrogens with two attached hydrogens (primary N) is 1. The van der Waals surface area contributed by atoms with Crippen molar-refractivity contribution in [3.63, 3.8) is 0 Å². The Morgan fingerprint density at radius 1 is 1.53 bits per heavy atom. The van der Waals surface area contributed by atoms with Crippen LogP contribution in [0.15, 0.2) is 0 Å². The zero-order valence-electron chi connectivity index (χ0n) is 11.4. The maximum atomic E-state index is 11.0. The lowest BCUT2D eigenvalue weighted by Gasteiger charge is -2.40. The van der Waals surface area contributed by atoms with Crippen molar-refractivity contribution in [3.8, 4) is 0 Å². The van der Waals surface area contributed by atoms with Gasteiger partial charge in [0.15, 0.2) is 0 Å². The molecule has 1 rings (SSSR count). The number of carboxylic acids is 1. The molecule has 0 aromatic rings. The minimum Gasteiger partial charge on any atom is -0.480 e. The van der Waals surface area contributed by atoms with E-state index in [1.807, 2.05) is 0 Å². The molecule has 17 heavy (non-hydrogen) atoms. The van der Waals surface area contributed by atoms with E-state index < -0.39 is 11.5 Å². The molecule has 1 saturated heterocycles. The van der Waals surface area contributed by atoms with Gasteiger partial charge in [-0.15, -0.1) is 0 Å². The molecule has 0 bridgehead atoms. The third kappa shape index (κ3) is 3.68. The Labute approximate surface area is 104 Å². The first-order valence-electron chi connectivity index (χ1n) is 6.50. The molecule has 0 spiro atoms. The van der Waals surface area contributed by atoms with Crippen molar-refractivity contribution in [2.75, 3.05) is 13.1 Å². The van der Waals surface area contributed by atoms with Gasteiger partial charge < -0.3 is 15.7 Å². The maximum Gasteiger partial charge on any atom is 0.323 e. The van der Waals surface area contributed by atoms with E-state index in [-0.39, 0.29) is 6.04 Å². The first-order chi connectivity index (χ1) is 7.74. The van der Waals surface area contributed by atoms with Crippen LogP contribution in [0.5, 0.6) is 0 Å². The predicted molar refractivity (Wildman–Crippen MR) is 68.8 cm³/mol. The Balaban J connectivity index is 2.54. The van der Waals surface area contributed by atoms with E-state index in [0.717, 1.165) is 19.0 Å². The maximum absolute atomic E-state index is 11.0. The highest BCUT2D eigenvalue weighted by molar-refractivity contribution is 5.77. The lowest BCUT2D eigenvalue weighted by molar-refractivity contribution is -0.143. The molecule has 100 valence electrons. The van der Waals surface area contributed by atoms with E-state index in [1.165, 1.54) is 6.42 Å². The van der Waals surface area contributed by atoms with Crippen LogP contribution >= 0.6 is 0 Å². The first kappa shape index (κ1) is 14.5. The summed E-state index contributed by atoms with van der Waals surface area (Å²) in [5.74, 6) is 0.532. The lowest BCUT2D eigenvalue weighted by Crippen LogP contribution is -2.52. The second-order valence-electron chi connectivity index (χ2n) is 6.01. The highest BCUT2D eigenvalue weighted by Gasteiger charge is 2.33. The van der Waals surface area contributed by atoms with Gasteiger partial charge in [-0.3, -0.25) is 4.79 Å². The summed E-state index contributed by atoms with van der Waals surface area (Å²) in [4.78, 5) is 13.4. The number of hydrogen-bond acceptors (Lipinski definition) is 3. The van der Waals surface area contributed by atoms with Crippen LogP contribution in [0.4, 0.5) is 0 Å². The molecule has 0 aliphatic carbocycles. The van der Waals surface area contributed by atoms with Gasteiger partial charge in [-0.25, -0.2) is 0 Å². The minimum absolute atomic E-state index is 0.232. The van der Waals surface area contributed by atoms with Crippen molar-refractivity contribution in [3.05, 3.63) is 0 Å². The Bertz CT molecular complexity index is 279. The topological polar surface area (TPSA) is 66.6 Å². The summed E-state index contributed by atoms with van der Waals surface area (Å²) < 4.78 is 0. The van der Waals surface area contributed by atoms with E-state index in [0.29, 0.717) is 12.3 Å². The summed E-state index contributed by atoms with van der Waals surface area (Å²) in [6.07, 6.45) is 1.70. The van der Waals surface area contributed by atoms with E-state index >= 15 is 0 Å². The van der Waals surface area contributed by atoms with Crippen molar-refractivity contribution in [2.24, 2.45) is 17.6 Å². The number of piperidine rings is 1. The third-order valence-corrected chi connectivity index (χ3v) is 4.20. The van der Waals surface area contributed by atoms with E-state index in [1.54, 1.807) is 6.92 Å². The summed E-state index contributed by atoms with van der Waals surface area (Å²) in [5, 5.41) is 9.04. The molecule has 1 heterocycles. The molecule has 0 saturated carbocycles. The Kier molecular flexibility index (Phi) is 4.55. The summed E-state index contributed by atoms with van der Waals surface area (Å²) in [7, 11) is 0. The fraction of sp³-hybridized carbons (Fsp3) is 0.923. The number of aliphatic carboxylic acids is 1. The molecule has 4 unspecified atom stereocenters. The molecule has 4 atom stereocenters. The van der Waals surface area contributed by atoms with E-state index in [9.17, 15) is 4.79 Å². The fourth-order valence-electron chi connectivity index (χ4n) is 2.53. The van der Waals surface area contributed by atoms with Crippen LogP contribution in [-0.2, 0) is 4.79 Å². The molecule has 1 aliphatic heterocycles. The van der Waals surface area contributed by atoms with Crippen LogP contribution in [0.3, 0.4) is 0 Å². The zero-order chi connectivity index (χ0) is 13.2. The Hall–Kier alpha value is -0.610. The van der Waals surface area contributed by atoms with Crippen LogP contribution in [0.2, 0.25) is 0 Å². The summed E-state index contributed by atoms with van der Waals surface area (Å²) in [5.41, 5.74) is 4.68. The lowest BCUT2D eigenvalue weighted by atomic mass is 9.86. The first-order valence-corrected chi connectivity index (χ1v) is 6.50. The highest BCUT2D eigenvalue weighted by Crippen LogP contribution is 2.25. The molecule has 3 N–H and O–H groups in total. The van der Waals surface area contributed by atoms with E-state index in [4.69, 9.17) is 10.8 Å². The van der Waals surface area contributed by atoms with Crippen LogP contribution < -0.4 is 5.73 Å². The van der Waals surface area contributed by atoms with Crippen molar-refractivity contribution < 1.29 is 9.90 Å². The van der Waals surface area contributed by atoms with Crippen LogP contribution in [0.1, 0.15) is 40.5 Å². The van der Waals surface area contributed by atoms with Crippen molar-refractivity contribution in [2.45, 2.75) is 52.1 Å². The van der Waals surface area contributed by atoms with Gasteiger partial charge >= 0.3 is 5.97 Å². The van der Waals surface area contributed by atoms with Gasteiger partial charge in [0.05, 0.1) is 0 Å². The minimum atomic E-state index is -1.12. The SMILES string of the molecule is CC1CCN(C(C)CC(C)(N)C(=O)O)CC1C. The Morgan fingerprint density at radius 2 is 2.12 bits per heavy atom. The largest absolute Gasteiger partial charge is 0.480 e. The second kappa shape index (κ2) is 5.36. The summed E-state index contributed by atoms with van der Waals surface area (Å²) in [6, 6.07) is 0.232. The van der Waals surface area contributed by atoms with Gasteiger partial charge in [0.2, 0.25) is 0 Å². The summed E-state index contributed by atoms with van der Waals surface area (Å²) in [6.45, 7) is 10.3. The number of nitrogens with zero attached hydrogens (tertiary/aromatic N) is 1. The fourth-order valence-corrected chi connectivity index (χ4v) is 2.53. The molecule has 0 radical (unpaired) electrons. The average Bonchev–Trinajstić information content (AvgIpc) is 2.21. The molecule has 4 nitrogen and oxygen atoms in total. The van der Waals surface area contributed by atoms with Crippen LogP contribution in [0, 0.1) is 11.8 Å². The summed E-state index contributed by atoms with van der Waals surface area (Å²) >= 11 is 0. The van der Waals surface area contributed by atoms with Crippen molar-refractivity contribution in [1.82, 2.24) is 4.90 Å². The highest BCUT2D eigenvalue weighted by atomic mass is 16.4. The number of carbonyl (C=O) groups is 1. The van der Waals surface area contributed by atoms with Gasteiger partial charge in [0.25, 0.3) is 0 Å². The Morgan fingerprint density at radius 3 is 2.59 bits per heavy atom. The average molecular weight is 242 g/mol. The molecule has 0 aromatic heterocycles. The number of carboxylic acid groups (broad SMARTS) is 1. The van der Waals surface area contributed by atoms with Gasteiger partial charge in [-0.2, -0.15) is 0 Å². The standard InChI is InChI=1S/C13H26N2O2/c1-9-5-6-15(8-10(9)2)11(3)7-13(4,14)12(16)17/h9-11H,5-8,14H2,1-4H3,(H,16,17). The van der Waals surface area contributed by atoms with Gasteiger partial charge in [0.1, 0.15) is 5.54 Å². The molecular formula is C13H26N2O2. The third-order valence-electron chi connectivity index (χ3n) is 4.20. The number of rotatable bonds is 4. The van der Waals surface area contributed by atoms with Gasteiger partial charge in [-0.1, -0.05) is 13.8 Å². The number of hydrogen-bond donors (Lipinski definition) is 2. The normalized spacial score (nSPS) is 31.8. The molecule has 1 aliphatic rings. The van der Waals surface area contributed by atoms with Gasteiger partial charge in [0, 0.05) is 12.6 Å². The van der Waals surface area contributed by atoms with Crippen LogP contribution in [-0.4, -0.2) is 40.6 Å². The second-order valence-corrected chi connectivity index (χ2v) is 6.01. The monoisotopic (exact) mass is 242 g/mol. The zero-order valence-corrected chi connectivity index (χ0v) is 11.4. The quantitative estimate of drug-likeness (QED) is 0.785. The smallest absolute Gasteiger partial charge is 0.323 e.